The molecule has 0 unspecified atom stereocenters. The van der Waals surface area contributed by atoms with Gasteiger partial charge >= 0.3 is 0 Å². The first-order valence-corrected chi connectivity index (χ1v) is 6.44. The number of ether oxygens (including phenoxy) is 1. The van der Waals surface area contributed by atoms with Crippen molar-refractivity contribution in [3.8, 4) is 5.75 Å². The predicted octanol–water partition coefficient (Wildman–Crippen LogP) is 3.07. The van der Waals surface area contributed by atoms with Crippen molar-refractivity contribution in [1.82, 2.24) is 0 Å². The summed E-state index contributed by atoms with van der Waals surface area (Å²) in [6, 6.07) is 17.5. The molecule has 0 aromatic heterocycles. The zero-order valence-electron chi connectivity index (χ0n) is 11.2. The molecule has 0 saturated heterocycles. The van der Waals surface area contributed by atoms with Crippen molar-refractivity contribution in [2.45, 2.75) is 19.1 Å². The summed E-state index contributed by atoms with van der Waals surface area (Å²) >= 11 is 0. The minimum absolute atomic E-state index is 0. The van der Waals surface area contributed by atoms with Gasteiger partial charge in [0.15, 0.2) is 0 Å². The van der Waals surface area contributed by atoms with Gasteiger partial charge in [0.05, 0.1) is 6.10 Å². The van der Waals surface area contributed by atoms with E-state index in [4.69, 9.17) is 10.5 Å². The number of rotatable bonds is 6. The summed E-state index contributed by atoms with van der Waals surface area (Å²) < 4.78 is 5.72. The van der Waals surface area contributed by atoms with Gasteiger partial charge in [0.2, 0.25) is 0 Å². The van der Waals surface area contributed by atoms with Crippen LogP contribution < -0.4 is 10.5 Å². The fourth-order valence-electron chi connectivity index (χ4n) is 1.88. The molecular weight excluding hydrogens is 274 g/mol. The quantitative estimate of drug-likeness (QED) is 0.860. The Bertz CT molecular complexity index is 505. The molecular formula is C16H20ClNO2. The Morgan fingerprint density at radius 3 is 2.50 bits per heavy atom. The molecule has 3 nitrogen and oxygen atoms in total. The van der Waals surface area contributed by atoms with Crippen molar-refractivity contribution in [1.29, 1.82) is 0 Å². The smallest absolute Gasteiger partial charge is 0.120 e. The van der Waals surface area contributed by atoms with Crippen molar-refractivity contribution in [2.75, 3.05) is 6.54 Å². The molecule has 0 aliphatic heterocycles. The van der Waals surface area contributed by atoms with E-state index in [-0.39, 0.29) is 12.4 Å². The highest BCUT2D eigenvalue weighted by Gasteiger charge is 2.07. The largest absolute Gasteiger partial charge is 0.489 e. The molecule has 0 heterocycles. The van der Waals surface area contributed by atoms with Crippen LogP contribution in [0.15, 0.2) is 54.6 Å². The lowest BCUT2D eigenvalue weighted by Gasteiger charge is -2.12. The van der Waals surface area contributed by atoms with E-state index in [1.807, 2.05) is 54.6 Å². The first kappa shape index (κ1) is 16.5. The number of aliphatic hydroxyl groups excluding tert-OH is 1. The van der Waals surface area contributed by atoms with E-state index >= 15 is 0 Å². The van der Waals surface area contributed by atoms with Crippen LogP contribution in [0.3, 0.4) is 0 Å². The lowest BCUT2D eigenvalue weighted by atomic mass is 10.1. The predicted molar refractivity (Wildman–Crippen MR) is 83.1 cm³/mol. The molecule has 0 aliphatic rings. The van der Waals surface area contributed by atoms with Crippen LogP contribution in [0.1, 0.15) is 23.7 Å². The minimum atomic E-state index is -0.523. The van der Waals surface area contributed by atoms with Crippen molar-refractivity contribution >= 4 is 12.4 Å². The maximum absolute atomic E-state index is 9.89. The zero-order valence-corrected chi connectivity index (χ0v) is 12.1. The summed E-state index contributed by atoms with van der Waals surface area (Å²) in [5.74, 6) is 0.762. The summed E-state index contributed by atoms with van der Waals surface area (Å²) in [5.41, 5.74) is 7.41. The average molecular weight is 294 g/mol. The lowest BCUT2D eigenvalue weighted by molar-refractivity contribution is 0.169. The molecule has 20 heavy (non-hydrogen) atoms. The van der Waals surface area contributed by atoms with Gasteiger partial charge in [-0.25, -0.2) is 0 Å². The van der Waals surface area contributed by atoms with Crippen LogP contribution in [0.5, 0.6) is 5.75 Å². The maximum Gasteiger partial charge on any atom is 0.120 e. The van der Waals surface area contributed by atoms with Crippen LogP contribution in [-0.4, -0.2) is 11.7 Å². The van der Waals surface area contributed by atoms with Gasteiger partial charge in [0, 0.05) is 0 Å². The van der Waals surface area contributed by atoms with Gasteiger partial charge in [-0.05, 0) is 36.2 Å². The second kappa shape index (κ2) is 8.59. The van der Waals surface area contributed by atoms with E-state index < -0.39 is 6.10 Å². The fraction of sp³-hybridized carbons (Fsp3) is 0.250. The summed E-state index contributed by atoms with van der Waals surface area (Å²) in [6.45, 7) is 0.994. The molecule has 2 aromatic rings. The van der Waals surface area contributed by atoms with Crippen molar-refractivity contribution in [2.24, 2.45) is 5.73 Å². The first-order valence-electron chi connectivity index (χ1n) is 6.44. The van der Waals surface area contributed by atoms with Gasteiger partial charge in [0.25, 0.3) is 0 Å². The van der Waals surface area contributed by atoms with E-state index in [0.717, 1.165) is 16.9 Å². The summed E-state index contributed by atoms with van der Waals surface area (Å²) in [6.07, 6.45) is 0.0348. The van der Waals surface area contributed by atoms with Gasteiger partial charge in [-0.15, -0.1) is 12.4 Å². The third-order valence-corrected chi connectivity index (χ3v) is 2.93. The summed E-state index contributed by atoms with van der Waals surface area (Å²) in [7, 11) is 0. The number of benzene rings is 2. The third kappa shape index (κ3) is 4.85. The second-order valence-corrected chi connectivity index (χ2v) is 4.44. The normalized spacial score (nSPS) is 11.5. The molecule has 0 saturated carbocycles. The van der Waals surface area contributed by atoms with Crippen molar-refractivity contribution in [3.05, 3.63) is 65.7 Å². The van der Waals surface area contributed by atoms with Crippen LogP contribution in [0, 0.1) is 0 Å². The molecule has 1 atom stereocenters. The van der Waals surface area contributed by atoms with Crippen molar-refractivity contribution in [3.63, 3.8) is 0 Å². The molecule has 2 aromatic carbocycles. The Labute approximate surface area is 125 Å². The van der Waals surface area contributed by atoms with E-state index in [1.54, 1.807) is 0 Å². The van der Waals surface area contributed by atoms with Crippen LogP contribution in [0.2, 0.25) is 0 Å². The van der Waals surface area contributed by atoms with E-state index in [2.05, 4.69) is 0 Å². The van der Waals surface area contributed by atoms with Gasteiger partial charge in [-0.2, -0.15) is 0 Å². The maximum atomic E-state index is 9.89. The fourth-order valence-corrected chi connectivity index (χ4v) is 1.88. The molecule has 0 radical (unpaired) electrons. The summed E-state index contributed by atoms with van der Waals surface area (Å²) in [5, 5.41) is 9.89. The number of halogens is 1. The Morgan fingerprint density at radius 1 is 1.05 bits per heavy atom. The van der Waals surface area contributed by atoms with E-state index in [0.29, 0.717) is 19.6 Å². The third-order valence-electron chi connectivity index (χ3n) is 2.93. The highest BCUT2D eigenvalue weighted by molar-refractivity contribution is 5.85. The number of nitrogens with two attached hydrogens (primary N) is 1. The zero-order chi connectivity index (χ0) is 13.5. The molecule has 4 heteroatoms. The Hall–Kier alpha value is -1.55. The molecule has 0 aliphatic carbocycles. The first-order chi connectivity index (χ1) is 9.29. The highest BCUT2D eigenvalue weighted by Crippen LogP contribution is 2.21. The number of aliphatic hydroxyl groups is 1. The van der Waals surface area contributed by atoms with Crippen LogP contribution in [-0.2, 0) is 6.61 Å². The van der Waals surface area contributed by atoms with Crippen LogP contribution >= 0.6 is 12.4 Å². The molecule has 2 rings (SSSR count). The lowest BCUT2D eigenvalue weighted by Crippen LogP contribution is -2.06. The Kier molecular flexibility index (Phi) is 7.09. The van der Waals surface area contributed by atoms with Gasteiger partial charge in [0.1, 0.15) is 12.4 Å². The SMILES string of the molecule is Cl.NCC[C@@H](O)c1cccc(OCc2ccccc2)c1. The second-order valence-electron chi connectivity index (χ2n) is 4.44. The molecule has 0 spiro atoms. The van der Waals surface area contributed by atoms with Crippen LogP contribution in [0.4, 0.5) is 0 Å². The van der Waals surface area contributed by atoms with Gasteiger partial charge < -0.3 is 15.6 Å². The molecule has 0 bridgehead atoms. The van der Waals surface area contributed by atoms with Gasteiger partial charge in [-0.3, -0.25) is 0 Å². The molecule has 0 amide bonds. The number of hydrogen-bond donors (Lipinski definition) is 2. The number of hydrogen-bond acceptors (Lipinski definition) is 3. The molecule has 0 fully saturated rings. The molecule has 3 N–H and O–H groups in total. The summed E-state index contributed by atoms with van der Waals surface area (Å²) in [4.78, 5) is 0. The monoisotopic (exact) mass is 293 g/mol. The minimum Gasteiger partial charge on any atom is -0.489 e. The highest BCUT2D eigenvalue weighted by atomic mass is 35.5. The Morgan fingerprint density at radius 2 is 1.80 bits per heavy atom. The molecule has 108 valence electrons. The van der Waals surface area contributed by atoms with E-state index in [9.17, 15) is 5.11 Å². The standard InChI is InChI=1S/C16H19NO2.ClH/c17-10-9-16(18)14-7-4-8-15(11-14)19-12-13-5-2-1-3-6-13;/h1-8,11,16,18H,9-10,12,17H2;1H/t16-;/m1./s1. The average Bonchev–Trinajstić information content (AvgIpc) is 2.47. The Balaban J connectivity index is 0.00000200. The van der Waals surface area contributed by atoms with Crippen molar-refractivity contribution < 1.29 is 9.84 Å². The van der Waals surface area contributed by atoms with Gasteiger partial charge in [-0.1, -0.05) is 42.5 Å². The topological polar surface area (TPSA) is 55.5 Å². The van der Waals surface area contributed by atoms with Crippen LogP contribution in [0.25, 0.3) is 0 Å². The van der Waals surface area contributed by atoms with E-state index in [1.165, 1.54) is 0 Å².